The monoisotopic (exact) mass is 401 g/mol. The Balaban J connectivity index is 1.87. The Morgan fingerprint density at radius 3 is 2.50 bits per heavy atom. The molecule has 2 N–H and O–H groups in total. The Hall–Kier alpha value is -3.53. The van der Waals surface area contributed by atoms with Crippen LogP contribution in [0.1, 0.15) is 5.69 Å². The molecule has 0 bridgehead atoms. The number of para-hydroxylation sites is 1. The Morgan fingerprint density at radius 2 is 1.86 bits per heavy atom. The molecule has 0 radical (unpaired) electrons. The molecule has 0 fully saturated rings. The second-order valence-corrected chi connectivity index (χ2v) is 6.35. The minimum Gasteiger partial charge on any atom is -0.332 e. The molecular weight excluding hydrogens is 385 g/mol. The first-order chi connectivity index (χ1) is 13.3. The summed E-state index contributed by atoms with van der Waals surface area (Å²) in [5.41, 5.74) is 0.848. The third kappa shape index (κ3) is 3.62. The van der Waals surface area contributed by atoms with E-state index in [-0.39, 0.29) is 22.0 Å². The number of hydrogen-bond acceptors (Lipinski definition) is 4. The van der Waals surface area contributed by atoms with Crippen LogP contribution in [0.2, 0.25) is 0 Å². The van der Waals surface area contributed by atoms with E-state index < -0.39 is 16.4 Å². The molecule has 0 saturated heterocycles. The molecule has 1 heterocycles. The van der Waals surface area contributed by atoms with Gasteiger partial charge in [0, 0.05) is 18.8 Å². The van der Waals surface area contributed by atoms with Gasteiger partial charge in [0.05, 0.1) is 16.3 Å². The van der Waals surface area contributed by atoms with Gasteiger partial charge in [0.2, 0.25) is 5.82 Å². The fourth-order valence-electron chi connectivity index (χ4n) is 2.72. The number of nitrogens with zero attached hydrogens (tertiary/aromatic N) is 3. The Kier molecular flexibility index (Phi) is 5.23. The number of nitro benzene ring substituents is 1. The first-order valence-corrected chi connectivity index (χ1v) is 8.56. The molecule has 0 unspecified atom stereocenters. The molecule has 10 heteroatoms. The summed E-state index contributed by atoms with van der Waals surface area (Å²) < 4.78 is 16.6. The van der Waals surface area contributed by atoms with E-state index in [0.717, 1.165) is 12.1 Å². The second kappa shape index (κ2) is 7.61. The molecule has 2 aromatic carbocycles. The summed E-state index contributed by atoms with van der Waals surface area (Å²) in [6.45, 7) is 1.76. The van der Waals surface area contributed by atoms with Crippen LogP contribution in [0.15, 0.2) is 53.3 Å². The van der Waals surface area contributed by atoms with Crippen molar-refractivity contribution in [1.29, 1.82) is 0 Å². The Bertz CT molecular complexity index is 1120. The van der Waals surface area contributed by atoms with E-state index in [1.54, 1.807) is 30.8 Å². The van der Waals surface area contributed by atoms with E-state index >= 15 is 0 Å². The lowest BCUT2D eigenvalue weighted by atomic mass is 10.2. The molecule has 8 nitrogen and oxygen atoms in total. The predicted molar refractivity (Wildman–Crippen MR) is 109 cm³/mol. The van der Waals surface area contributed by atoms with Gasteiger partial charge in [-0.3, -0.25) is 19.6 Å². The molecular formula is C18H16FN5O3S. The smallest absolute Gasteiger partial charge is 0.306 e. The van der Waals surface area contributed by atoms with E-state index in [2.05, 4.69) is 10.6 Å². The number of nitro groups is 1. The molecule has 3 rings (SSSR count). The fourth-order valence-corrected chi connectivity index (χ4v) is 2.94. The lowest BCUT2D eigenvalue weighted by Crippen LogP contribution is -2.25. The third-order valence-corrected chi connectivity index (χ3v) is 4.40. The van der Waals surface area contributed by atoms with Gasteiger partial charge >= 0.3 is 5.69 Å². The van der Waals surface area contributed by atoms with Crippen molar-refractivity contribution in [1.82, 2.24) is 9.36 Å². The first-order valence-electron chi connectivity index (χ1n) is 8.15. The quantitative estimate of drug-likeness (QED) is 0.396. The maximum atomic E-state index is 13.5. The van der Waals surface area contributed by atoms with Crippen molar-refractivity contribution in [2.24, 2.45) is 7.05 Å². The van der Waals surface area contributed by atoms with Crippen molar-refractivity contribution < 1.29 is 9.31 Å². The zero-order chi connectivity index (χ0) is 20.4. The molecule has 0 spiro atoms. The molecule has 1 aromatic heterocycles. The van der Waals surface area contributed by atoms with E-state index in [1.165, 1.54) is 10.7 Å². The van der Waals surface area contributed by atoms with Crippen LogP contribution < -0.4 is 16.2 Å². The van der Waals surface area contributed by atoms with Crippen molar-refractivity contribution in [3.8, 4) is 5.69 Å². The van der Waals surface area contributed by atoms with Crippen LogP contribution in [-0.2, 0) is 7.05 Å². The SMILES string of the molecule is Cc1c(NC(=S)Nc2ccc(F)c([N+](=O)[O-])c2)c(=O)n(-c2ccccc2)n1C. The van der Waals surface area contributed by atoms with Gasteiger partial charge in [-0.1, -0.05) is 18.2 Å². The summed E-state index contributed by atoms with van der Waals surface area (Å²) in [5, 5.41) is 16.5. The minimum atomic E-state index is -0.945. The van der Waals surface area contributed by atoms with Gasteiger partial charge in [0.15, 0.2) is 5.11 Å². The van der Waals surface area contributed by atoms with E-state index in [0.29, 0.717) is 11.4 Å². The maximum absolute atomic E-state index is 13.5. The van der Waals surface area contributed by atoms with Gasteiger partial charge in [-0.2, -0.15) is 4.39 Å². The Labute approximate surface area is 164 Å². The number of rotatable bonds is 4. The summed E-state index contributed by atoms with van der Waals surface area (Å²) in [7, 11) is 1.74. The van der Waals surface area contributed by atoms with Crippen LogP contribution in [0.4, 0.5) is 21.5 Å². The van der Waals surface area contributed by atoms with Crippen molar-refractivity contribution in [3.05, 3.63) is 80.5 Å². The lowest BCUT2D eigenvalue weighted by Gasteiger charge is -2.09. The zero-order valence-electron chi connectivity index (χ0n) is 15.0. The van der Waals surface area contributed by atoms with Crippen LogP contribution in [0.3, 0.4) is 0 Å². The average Bonchev–Trinajstić information content (AvgIpc) is 2.87. The number of anilines is 2. The summed E-state index contributed by atoms with van der Waals surface area (Å²) in [6.07, 6.45) is 0. The highest BCUT2D eigenvalue weighted by Gasteiger charge is 2.18. The minimum absolute atomic E-state index is 0.0481. The molecule has 0 aliphatic carbocycles. The van der Waals surface area contributed by atoms with Crippen molar-refractivity contribution in [2.75, 3.05) is 10.6 Å². The van der Waals surface area contributed by atoms with Gasteiger partial charge in [0.25, 0.3) is 5.56 Å². The predicted octanol–water partition coefficient (Wildman–Crippen LogP) is 3.34. The number of nitrogens with one attached hydrogen (secondary N) is 2. The largest absolute Gasteiger partial charge is 0.332 e. The zero-order valence-corrected chi connectivity index (χ0v) is 15.8. The van der Waals surface area contributed by atoms with Crippen LogP contribution in [-0.4, -0.2) is 19.4 Å². The van der Waals surface area contributed by atoms with Gasteiger partial charge < -0.3 is 10.6 Å². The number of benzene rings is 2. The number of aromatic nitrogens is 2. The highest BCUT2D eigenvalue weighted by molar-refractivity contribution is 7.80. The molecule has 0 saturated carbocycles. The molecule has 0 aliphatic heterocycles. The van der Waals surface area contributed by atoms with Gasteiger partial charge in [-0.05, 0) is 43.4 Å². The summed E-state index contributed by atoms with van der Waals surface area (Å²) in [4.78, 5) is 22.9. The Morgan fingerprint density at radius 1 is 1.18 bits per heavy atom. The summed E-state index contributed by atoms with van der Waals surface area (Å²) in [6, 6.07) is 12.4. The molecule has 0 amide bonds. The standard InChI is InChI=1S/C18H16FN5O3S/c1-11-16(17(25)23(22(11)2)13-6-4-3-5-7-13)21-18(28)20-12-8-9-14(19)15(10-12)24(26)27/h3-10H,1-2H3,(H2,20,21,28). The molecule has 28 heavy (non-hydrogen) atoms. The number of thiocarbonyl (C=S) groups is 1. The van der Waals surface area contributed by atoms with Crippen LogP contribution in [0.5, 0.6) is 0 Å². The maximum Gasteiger partial charge on any atom is 0.306 e. The molecule has 0 atom stereocenters. The van der Waals surface area contributed by atoms with Crippen LogP contribution >= 0.6 is 12.2 Å². The fraction of sp³-hybridized carbons (Fsp3) is 0.111. The molecule has 3 aromatic rings. The number of halogens is 1. The van der Waals surface area contributed by atoms with Gasteiger partial charge in [-0.15, -0.1) is 0 Å². The van der Waals surface area contributed by atoms with Crippen molar-refractivity contribution in [2.45, 2.75) is 6.92 Å². The lowest BCUT2D eigenvalue weighted by molar-refractivity contribution is -0.387. The van der Waals surface area contributed by atoms with E-state index in [1.807, 2.05) is 18.2 Å². The van der Waals surface area contributed by atoms with Crippen molar-refractivity contribution >= 4 is 34.4 Å². The summed E-state index contributed by atoms with van der Waals surface area (Å²) >= 11 is 5.21. The van der Waals surface area contributed by atoms with Crippen LogP contribution in [0.25, 0.3) is 5.69 Å². The second-order valence-electron chi connectivity index (χ2n) is 5.94. The average molecular weight is 401 g/mol. The normalized spacial score (nSPS) is 10.5. The summed E-state index contributed by atoms with van der Waals surface area (Å²) in [5.74, 6) is -0.945. The topological polar surface area (TPSA) is 94.1 Å². The van der Waals surface area contributed by atoms with Gasteiger partial charge in [-0.25, -0.2) is 4.68 Å². The third-order valence-electron chi connectivity index (χ3n) is 4.19. The van der Waals surface area contributed by atoms with Crippen LogP contribution in [0, 0.1) is 22.9 Å². The molecule has 144 valence electrons. The number of hydrogen-bond donors (Lipinski definition) is 2. The first kappa shape index (κ1) is 19.2. The van der Waals surface area contributed by atoms with E-state index in [9.17, 15) is 19.3 Å². The van der Waals surface area contributed by atoms with Crippen molar-refractivity contribution in [3.63, 3.8) is 0 Å². The van der Waals surface area contributed by atoms with E-state index in [4.69, 9.17) is 12.2 Å². The highest BCUT2D eigenvalue weighted by Crippen LogP contribution is 2.22. The van der Waals surface area contributed by atoms with Gasteiger partial charge in [0.1, 0.15) is 5.69 Å². The molecule has 0 aliphatic rings. The highest BCUT2D eigenvalue weighted by atomic mass is 32.1.